The Morgan fingerprint density at radius 3 is 2.59 bits per heavy atom. The van der Waals surface area contributed by atoms with Crippen LogP contribution >= 0.6 is 0 Å². The fourth-order valence-corrected chi connectivity index (χ4v) is 2.41. The summed E-state index contributed by atoms with van der Waals surface area (Å²) in [7, 11) is 0. The molecule has 0 aliphatic heterocycles. The molecule has 1 heterocycles. The molecule has 1 aliphatic carbocycles. The van der Waals surface area contributed by atoms with Gasteiger partial charge in [-0.3, -0.25) is 4.79 Å². The van der Waals surface area contributed by atoms with Crippen molar-refractivity contribution in [1.82, 2.24) is 0 Å². The maximum absolute atomic E-state index is 12.9. The van der Waals surface area contributed by atoms with Crippen LogP contribution in [0.2, 0.25) is 0 Å². The highest BCUT2D eigenvalue weighted by molar-refractivity contribution is 6.13. The van der Waals surface area contributed by atoms with Crippen LogP contribution in [-0.2, 0) is 0 Å². The van der Waals surface area contributed by atoms with Crippen LogP contribution in [-0.4, -0.2) is 5.78 Å². The molecule has 0 radical (unpaired) electrons. The number of halogens is 1. The molecule has 0 amide bonds. The van der Waals surface area contributed by atoms with Crippen molar-refractivity contribution < 1.29 is 13.6 Å². The summed E-state index contributed by atoms with van der Waals surface area (Å²) in [6, 6.07) is 10.6. The standard InChI is InChI=1S/C18H14FNO2/c1-11-8-16(11)17-7-6-15(22-17)9-13(10-20)18(21)12-2-4-14(19)5-3-12/h2-7,9,11,16H,8H2,1H3/b13-9+/t11-,16+/m0/s1. The summed E-state index contributed by atoms with van der Waals surface area (Å²) in [4.78, 5) is 12.2. The van der Waals surface area contributed by atoms with Gasteiger partial charge in [0.1, 0.15) is 29.0 Å². The van der Waals surface area contributed by atoms with Crippen LogP contribution in [0.5, 0.6) is 0 Å². The van der Waals surface area contributed by atoms with E-state index in [0.717, 1.165) is 12.2 Å². The molecule has 0 N–H and O–H groups in total. The number of ketones is 1. The first-order valence-corrected chi connectivity index (χ1v) is 7.10. The van der Waals surface area contributed by atoms with Crippen molar-refractivity contribution >= 4 is 11.9 Å². The van der Waals surface area contributed by atoms with E-state index in [1.165, 1.54) is 30.3 Å². The molecule has 3 nitrogen and oxygen atoms in total. The number of nitrogens with zero attached hydrogens (tertiary/aromatic N) is 1. The van der Waals surface area contributed by atoms with Gasteiger partial charge >= 0.3 is 0 Å². The molecule has 1 saturated carbocycles. The van der Waals surface area contributed by atoms with Crippen LogP contribution in [0.1, 0.15) is 41.1 Å². The van der Waals surface area contributed by atoms with Crippen molar-refractivity contribution in [3.8, 4) is 6.07 Å². The summed E-state index contributed by atoms with van der Waals surface area (Å²) < 4.78 is 18.6. The molecule has 0 saturated heterocycles. The highest BCUT2D eigenvalue weighted by Gasteiger charge is 2.36. The van der Waals surface area contributed by atoms with E-state index in [1.54, 1.807) is 6.07 Å². The normalized spacial score (nSPS) is 20.5. The molecule has 4 heteroatoms. The lowest BCUT2D eigenvalue weighted by atomic mass is 10.0. The number of Topliss-reactive ketones (excluding diaryl/α,β-unsaturated/α-hetero) is 1. The monoisotopic (exact) mass is 295 g/mol. The number of benzene rings is 1. The molecule has 2 aromatic rings. The Morgan fingerprint density at radius 2 is 2.00 bits per heavy atom. The van der Waals surface area contributed by atoms with Gasteiger partial charge in [0.2, 0.25) is 5.78 Å². The molecule has 1 fully saturated rings. The van der Waals surface area contributed by atoms with E-state index >= 15 is 0 Å². The van der Waals surface area contributed by atoms with E-state index in [0.29, 0.717) is 17.6 Å². The highest BCUT2D eigenvalue weighted by atomic mass is 19.1. The van der Waals surface area contributed by atoms with E-state index in [1.807, 2.05) is 12.1 Å². The first kappa shape index (κ1) is 14.3. The van der Waals surface area contributed by atoms with E-state index in [4.69, 9.17) is 4.42 Å². The predicted octanol–water partition coefficient (Wildman–Crippen LogP) is 4.33. The van der Waals surface area contributed by atoms with Crippen LogP contribution in [0, 0.1) is 23.1 Å². The summed E-state index contributed by atoms with van der Waals surface area (Å²) >= 11 is 0. The van der Waals surface area contributed by atoms with Gasteiger partial charge in [-0.25, -0.2) is 4.39 Å². The van der Waals surface area contributed by atoms with E-state index < -0.39 is 11.6 Å². The van der Waals surface area contributed by atoms with Gasteiger partial charge in [-0.1, -0.05) is 6.92 Å². The van der Waals surface area contributed by atoms with Crippen molar-refractivity contribution in [2.24, 2.45) is 5.92 Å². The number of allylic oxidation sites excluding steroid dienone is 1. The SMILES string of the molecule is C[C@H]1C[C@H]1c1ccc(/C=C(\C#N)C(=O)c2ccc(F)cc2)o1. The van der Waals surface area contributed by atoms with Gasteiger partial charge < -0.3 is 4.42 Å². The molecule has 0 spiro atoms. The van der Waals surface area contributed by atoms with Gasteiger partial charge in [0.15, 0.2) is 0 Å². The summed E-state index contributed by atoms with van der Waals surface area (Å²) in [6.07, 6.45) is 2.54. The Bertz CT molecular complexity index is 780. The topological polar surface area (TPSA) is 54.0 Å². The molecular formula is C18H14FNO2. The fraction of sp³-hybridized carbons (Fsp3) is 0.222. The molecule has 22 heavy (non-hydrogen) atoms. The first-order valence-electron chi connectivity index (χ1n) is 7.10. The molecule has 0 bridgehead atoms. The van der Waals surface area contributed by atoms with Gasteiger partial charge in [-0.05, 0) is 48.7 Å². The Morgan fingerprint density at radius 1 is 1.32 bits per heavy atom. The van der Waals surface area contributed by atoms with Crippen molar-refractivity contribution in [2.75, 3.05) is 0 Å². The van der Waals surface area contributed by atoms with Gasteiger partial charge in [-0.15, -0.1) is 0 Å². The highest BCUT2D eigenvalue weighted by Crippen LogP contribution is 2.47. The quantitative estimate of drug-likeness (QED) is 0.479. The first-order chi connectivity index (χ1) is 10.6. The van der Waals surface area contributed by atoms with Crippen LogP contribution in [0.15, 0.2) is 46.4 Å². The van der Waals surface area contributed by atoms with E-state index in [9.17, 15) is 14.4 Å². The summed E-state index contributed by atoms with van der Waals surface area (Å²) in [5, 5.41) is 9.19. The fourth-order valence-electron chi connectivity index (χ4n) is 2.41. The third-order valence-electron chi connectivity index (χ3n) is 3.88. The van der Waals surface area contributed by atoms with Gasteiger partial charge in [0.25, 0.3) is 0 Å². The maximum atomic E-state index is 12.9. The number of carbonyl (C=O) groups is 1. The Kier molecular flexibility index (Phi) is 3.64. The molecule has 0 unspecified atom stereocenters. The molecule has 1 aliphatic rings. The van der Waals surface area contributed by atoms with Gasteiger partial charge in [0, 0.05) is 17.6 Å². The smallest absolute Gasteiger partial charge is 0.203 e. The molecule has 1 aromatic carbocycles. The minimum absolute atomic E-state index is 0.0312. The van der Waals surface area contributed by atoms with Crippen LogP contribution in [0.3, 0.4) is 0 Å². The van der Waals surface area contributed by atoms with Gasteiger partial charge in [-0.2, -0.15) is 5.26 Å². The van der Waals surface area contributed by atoms with Crippen molar-refractivity contribution in [1.29, 1.82) is 5.26 Å². The minimum Gasteiger partial charge on any atom is -0.461 e. The number of carbonyl (C=O) groups excluding carboxylic acids is 1. The lowest BCUT2D eigenvalue weighted by Gasteiger charge is -1.99. The average molecular weight is 295 g/mol. The van der Waals surface area contributed by atoms with Crippen molar-refractivity contribution in [2.45, 2.75) is 19.3 Å². The number of nitriles is 1. The minimum atomic E-state index is -0.444. The maximum Gasteiger partial charge on any atom is 0.203 e. The second-order valence-electron chi connectivity index (χ2n) is 5.57. The number of furan rings is 1. The molecule has 1 aromatic heterocycles. The zero-order chi connectivity index (χ0) is 15.7. The van der Waals surface area contributed by atoms with Crippen LogP contribution < -0.4 is 0 Å². The zero-order valence-electron chi connectivity index (χ0n) is 12.0. The number of hydrogen-bond acceptors (Lipinski definition) is 3. The third-order valence-corrected chi connectivity index (χ3v) is 3.88. The van der Waals surface area contributed by atoms with Crippen molar-refractivity contribution in [3.05, 3.63) is 64.9 Å². The number of rotatable bonds is 4. The van der Waals surface area contributed by atoms with E-state index in [2.05, 4.69) is 6.92 Å². The molecule has 110 valence electrons. The zero-order valence-corrected chi connectivity index (χ0v) is 12.0. The van der Waals surface area contributed by atoms with E-state index in [-0.39, 0.29) is 11.1 Å². The average Bonchev–Trinajstić information content (AvgIpc) is 3.07. The van der Waals surface area contributed by atoms with Gasteiger partial charge in [0.05, 0.1) is 0 Å². The Hall–Kier alpha value is -2.67. The Balaban J connectivity index is 1.84. The predicted molar refractivity (Wildman–Crippen MR) is 79.6 cm³/mol. The summed E-state index contributed by atoms with van der Waals surface area (Å²) in [5.74, 6) is 1.58. The number of hydrogen-bond donors (Lipinski definition) is 0. The third kappa shape index (κ3) is 2.84. The molecule has 2 atom stereocenters. The second kappa shape index (κ2) is 5.61. The van der Waals surface area contributed by atoms with Crippen LogP contribution in [0.25, 0.3) is 6.08 Å². The van der Waals surface area contributed by atoms with Crippen molar-refractivity contribution in [3.63, 3.8) is 0 Å². The second-order valence-corrected chi connectivity index (χ2v) is 5.57. The lowest BCUT2D eigenvalue weighted by molar-refractivity contribution is 0.104. The summed E-state index contributed by atoms with van der Waals surface area (Å²) in [6.45, 7) is 2.15. The molecular weight excluding hydrogens is 281 g/mol. The summed E-state index contributed by atoms with van der Waals surface area (Å²) in [5.41, 5.74) is 0.244. The van der Waals surface area contributed by atoms with Crippen LogP contribution in [0.4, 0.5) is 4.39 Å². The molecule has 3 rings (SSSR count). The largest absolute Gasteiger partial charge is 0.461 e. The lowest BCUT2D eigenvalue weighted by Crippen LogP contribution is -2.01. The Labute approximate surface area is 127 Å².